The molecule has 0 bridgehead atoms. The van der Waals surface area contributed by atoms with Gasteiger partial charge in [-0.2, -0.15) is 10.5 Å². The summed E-state index contributed by atoms with van der Waals surface area (Å²) in [7, 11) is 0. The number of nitrogens with zero attached hydrogens (tertiary/aromatic N) is 3. The molecular formula is C20H14N4O2. The van der Waals surface area contributed by atoms with Crippen LogP contribution in [0.4, 0.5) is 11.4 Å². The van der Waals surface area contributed by atoms with Crippen LogP contribution in [-0.4, -0.2) is 17.6 Å². The molecule has 0 amide bonds. The number of anilines is 2. The number of carbonyl (C=O) groups excluding carboxylic acids is 1. The summed E-state index contributed by atoms with van der Waals surface area (Å²) in [5.41, 5.74) is 2.55. The zero-order chi connectivity index (χ0) is 18.5. The van der Waals surface area contributed by atoms with Crippen molar-refractivity contribution in [2.24, 2.45) is 0 Å². The minimum atomic E-state index is -0.527. The molecule has 1 heterocycles. The molecule has 0 spiro atoms. The number of ether oxygens (including phenoxy) is 1. The highest BCUT2D eigenvalue weighted by molar-refractivity contribution is 6.07. The third kappa shape index (κ3) is 3.04. The molecule has 3 aromatic rings. The third-order valence-corrected chi connectivity index (χ3v) is 3.82. The van der Waals surface area contributed by atoms with Gasteiger partial charge in [0, 0.05) is 11.6 Å². The number of nitriles is 2. The van der Waals surface area contributed by atoms with Gasteiger partial charge in [-0.1, -0.05) is 24.3 Å². The van der Waals surface area contributed by atoms with E-state index in [1.165, 1.54) is 6.20 Å². The molecule has 0 aliphatic carbocycles. The first-order valence-electron chi connectivity index (χ1n) is 7.94. The summed E-state index contributed by atoms with van der Waals surface area (Å²) in [5, 5.41) is 22.4. The Morgan fingerprint density at radius 1 is 1.12 bits per heavy atom. The van der Waals surface area contributed by atoms with Gasteiger partial charge in [0.2, 0.25) is 0 Å². The lowest BCUT2D eigenvalue weighted by Gasteiger charge is -2.15. The monoisotopic (exact) mass is 342 g/mol. The molecule has 2 aromatic carbocycles. The summed E-state index contributed by atoms with van der Waals surface area (Å²) >= 11 is 0. The fourth-order valence-electron chi connectivity index (χ4n) is 2.64. The lowest BCUT2D eigenvalue weighted by Crippen LogP contribution is -2.10. The number of hydrogen-bond acceptors (Lipinski definition) is 6. The number of esters is 1. The number of para-hydroxylation sites is 2. The topological polar surface area (TPSA) is 98.8 Å². The van der Waals surface area contributed by atoms with E-state index in [1.54, 1.807) is 49.4 Å². The molecule has 0 unspecified atom stereocenters. The molecule has 3 rings (SSSR count). The van der Waals surface area contributed by atoms with E-state index in [2.05, 4.69) is 22.4 Å². The van der Waals surface area contributed by atoms with Gasteiger partial charge in [-0.05, 0) is 25.1 Å². The van der Waals surface area contributed by atoms with Crippen LogP contribution >= 0.6 is 0 Å². The summed E-state index contributed by atoms with van der Waals surface area (Å²) in [4.78, 5) is 16.6. The summed E-state index contributed by atoms with van der Waals surface area (Å²) < 4.78 is 5.12. The van der Waals surface area contributed by atoms with Crippen LogP contribution in [0, 0.1) is 22.7 Å². The van der Waals surface area contributed by atoms with Crippen molar-refractivity contribution in [2.75, 3.05) is 11.9 Å². The van der Waals surface area contributed by atoms with Crippen molar-refractivity contribution in [1.82, 2.24) is 4.98 Å². The van der Waals surface area contributed by atoms with Crippen LogP contribution < -0.4 is 5.32 Å². The summed E-state index contributed by atoms with van der Waals surface area (Å²) in [5.74, 6) is -0.527. The summed E-state index contributed by atoms with van der Waals surface area (Å²) in [6.07, 6.45) is 1.39. The molecule has 26 heavy (non-hydrogen) atoms. The van der Waals surface area contributed by atoms with Gasteiger partial charge < -0.3 is 10.1 Å². The molecule has 126 valence electrons. The number of rotatable bonds is 4. The third-order valence-electron chi connectivity index (χ3n) is 3.82. The second-order valence-electron chi connectivity index (χ2n) is 5.36. The number of hydrogen-bond donors (Lipinski definition) is 1. The number of nitrogens with one attached hydrogen (secondary N) is 1. The number of fused-ring (bicyclic) bond motifs is 1. The summed E-state index contributed by atoms with van der Waals surface area (Å²) in [6.45, 7) is 1.95. The number of carbonyl (C=O) groups is 1. The van der Waals surface area contributed by atoms with Crippen molar-refractivity contribution in [3.63, 3.8) is 0 Å². The predicted octanol–water partition coefficient (Wildman–Crippen LogP) is 3.90. The quantitative estimate of drug-likeness (QED) is 0.722. The Labute approximate surface area is 150 Å². The Balaban J connectivity index is 2.26. The van der Waals surface area contributed by atoms with Crippen molar-refractivity contribution < 1.29 is 9.53 Å². The van der Waals surface area contributed by atoms with Crippen LogP contribution in [0.15, 0.2) is 48.7 Å². The Hall–Kier alpha value is -3.90. The second kappa shape index (κ2) is 7.33. The zero-order valence-corrected chi connectivity index (χ0v) is 14.0. The van der Waals surface area contributed by atoms with Crippen molar-refractivity contribution in [2.45, 2.75) is 6.92 Å². The Morgan fingerprint density at radius 3 is 2.58 bits per heavy atom. The molecule has 1 aromatic heterocycles. The maximum absolute atomic E-state index is 12.4. The molecular weight excluding hydrogens is 328 g/mol. The van der Waals surface area contributed by atoms with Crippen LogP contribution in [0.5, 0.6) is 0 Å². The normalized spacial score (nSPS) is 9.96. The first-order valence-corrected chi connectivity index (χ1v) is 7.94. The highest BCUT2D eigenvalue weighted by atomic mass is 16.5. The second-order valence-corrected chi connectivity index (χ2v) is 5.36. The molecule has 1 N–H and O–H groups in total. The van der Waals surface area contributed by atoms with Gasteiger partial charge in [0.25, 0.3) is 0 Å². The van der Waals surface area contributed by atoms with Gasteiger partial charge in [-0.3, -0.25) is 4.98 Å². The molecule has 0 saturated carbocycles. The Morgan fingerprint density at radius 2 is 1.85 bits per heavy atom. The lowest BCUT2D eigenvalue weighted by molar-refractivity contribution is 0.0527. The van der Waals surface area contributed by atoms with Crippen LogP contribution in [0.1, 0.15) is 28.4 Å². The predicted molar refractivity (Wildman–Crippen MR) is 96.9 cm³/mol. The van der Waals surface area contributed by atoms with E-state index >= 15 is 0 Å². The Bertz CT molecular complexity index is 1080. The van der Waals surface area contributed by atoms with Gasteiger partial charge in [0.15, 0.2) is 0 Å². The molecule has 0 radical (unpaired) electrons. The van der Waals surface area contributed by atoms with Gasteiger partial charge in [-0.15, -0.1) is 0 Å². The molecule has 0 fully saturated rings. The molecule has 6 heteroatoms. The van der Waals surface area contributed by atoms with E-state index in [9.17, 15) is 15.3 Å². The maximum atomic E-state index is 12.4. The summed E-state index contributed by atoms with van der Waals surface area (Å²) in [6, 6.07) is 16.3. The molecule has 0 aliphatic rings. The largest absolute Gasteiger partial charge is 0.462 e. The van der Waals surface area contributed by atoms with Gasteiger partial charge in [-0.25, -0.2) is 4.79 Å². The van der Waals surface area contributed by atoms with Gasteiger partial charge in [0.05, 0.1) is 34.6 Å². The van der Waals surface area contributed by atoms with E-state index in [1.807, 2.05) is 0 Å². The smallest absolute Gasteiger partial charge is 0.341 e. The fraction of sp³-hybridized carbons (Fsp3) is 0.100. The number of benzene rings is 2. The average molecular weight is 342 g/mol. The first-order chi connectivity index (χ1) is 12.7. The molecule has 6 nitrogen and oxygen atoms in total. The van der Waals surface area contributed by atoms with Crippen LogP contribution in [0.2, 0.25) is 0 Å². The van der Waals surface area contributed by atoms with Crippen molar-refractivity contribution in [1.29, 1.82) is 10.5 Å². The van der Waals surface area contributed by atoms with E-state index in [-0.39, 0.29) is 12.2 Å². The van der Waals surface area contributed by atoms with E-state index in [0.29, 0.717) is 33.4 Å². The minimum absolute atomic E-state index is 0.226. The Kier molecular flexibility index (Phi) is 4.78. The maximum Gasteiger partial charge on any atom is 0.341 e. The first kappa shape index (κ1) is 16.9. The minimum Gasteiger partial charge on any atom is -0.462 e. The van der Waals surface area contributed by atoms with Crippen molar-refractivity contribution >= 4 is 28.2 Å². The highest BCUT2D eigenvalue weighted by Gasteiger charge is 2.19. The molecule has 0 aliphatic heterocycles. The van der Waals surface area contributed by atoms with Crippen LogP contribution in [0.25, 0.3) is 10.9 Å². The number of pyridine rings is 1. The van der Waals surface area contributed by atoms with Gasteiger partial charge >= 0.3 is 5.97 Å². The van der Waals surface area contributed by atoms with Crippen molar-refractivity contribution in [3.05, 3.63) is 65.4 Å². The highest BCUT2D eigenvalue weighted by Crippen LogP contribution is 2.32. The SMILES string of the molecule is CCOC(=O)c1cnc2c(C#N)cccc2c1Nc1ccccc1C#N. The fourth-order valence-corrected chi connectivity index (χ4v) is 2.64. The molecule has 0 atom stereocenters. The van der Waals surface area contributed by atoms with E-state index in [4.69, 9.17) is 4.74 Å². The van der Waals surface area contributed by atoms with Crippen LogP contribution in [0.3, 0.4) is 0 Å². The van der Waals surface area contributed by atoms with E-state index < -0.39 is 5.97 Å². The zero-order valence-electron chi connectivity index (χ0n) is 14.0. The van der Waals surface area contributed by atoms with Crippen LogP contribution in [-0.2, 0) is 4.74 Å². The van der Waals surface area contributed by atoms with Crippen molar-refractivity contribution in [3.8, 4) is 12.1 Å². The van der Waals surface area contributed by atoms with E-state index in [0.717, 1.165) is 0 Å². The van der Waals surface area contributed by atoms with Gasteiger partial charge in [0.1, 0.15) is 17.7 Å². The molecule has 0 saturated heterocycles. The number of aromatic nitrogens is 1. The average Bonchev–Trinajstić information content (AvgIpc) is 2.68. The standard InChI is InChI=1S/C20H14N4O2/c1-2-26-20(25)16-12-23-18-14(11-22)7-5-8-15(18)19(16)24-17-9-4-3-6-13(17)10-21/h3-9,12H,2H2,1H3,(H,23,24). The lowest BCUT2D eigenvalue weighted by atomic mass is 10.0.